The van der Waals surface area contributed by atoms with Gasteiger partial charge in [0.15, 0.2) is 11.6 Å². The Labute approximate surface area is 98.8 Å². The van der Waals surface area contributed by atoms with Crippen LogP contribution in [0.25, 0.3) is 0 Å². The van der Waals surface area contributed by atoms with Crippen LogP contribution in [-0.4, -0.2) is 36.2 Å². The molecular weight excluding hydrogens is 231 g/mol. The zero-order valence-electron chi connectivity index (χ0n) is 8.84. The third-order valence-electron chi connectivity index (χ3n) is 2.77. The second-order valence-electron chi connectivity index (χ2n) is 3.88. The van der Waals surface area contributed by atoms with Crippen LogP contribution < -0.4 is 5.32 Å². The van der Waals surface area contributed by atoms with E-state index in [0.717, 1.165) is 26.2 Å². The maximum Gasteiger partial charge on any atom is 0.165 e. The molecule has 1 aliphatic heterocycles. The Morgan fingerprint density at radius 3 is 2.75 bits per heavy atom. The highest BCUT2D eigenvalue weighted by Gasteiger charge is 2.16. The third-order valence-corrected chi connectivity index (χ3v) is 3.12. The molecule has 1 heterocycles. The van der Waals surface area contributed by atoms with Gasteiger partial charge in [-0.2, -0.15) is 0 Å². The second-order valence-corrected chi connectivity index (χ2v) is 4.29. The Balaban J connectivity index is 2.16. The van der Waals surface area contributed by atoms with Crippen molar-refractivity contribution in [2.45, 2.75) is 6.54 Å². The van der Waals surface area contributed by atoms with Crippen LogP contribution in [0.2, 0.25) is 5.02 Å². The minimum atomic E-state index is -0.616. The van der Waals surface area contributed by atoms with E-state index in [1.165, 1.54) is 12.1 Å². The molecule has 1 fully saturated rings. The van der Waals surface area contributed by atoms with Crippen molar-refractivity contribution in [2.24, 2.45) is 0 Å². The summed E-state index contributed by atoms with van der Waals surface area (Å²) in [5.74, 6) is -0.944. The average molecular weight is 245 g/mol. The van der Waals surface area contributed by atoms with Gasteiger partial charge < -0.3 is 10.4 Å². The quantitative estimate of drug-likeness (QED) is 0.830. The van der Waals surface area contributed by atoms with E-state index in [4.69, 9.17) is 11.6 Å². The smallest absolute Gasteiger partial charge is 0.165 e. The van der Waals surface area contributed by atoms with Crippen molar-refractivity contribution in [3.05, 3.63) is 28.5 Å². The van der Waals surface area contributed by atoms with Gasteiger partial charge in [-0.15, -0.1) is 0 Å². The van der Waals surface area contributed by atoms with Crippen LogP contribution in [-0.2, 0) is 6.54 Å². The van der Waals surface area contributed by atoms with Gasteiger partial charge in [-0.05, 0) is 12.1 Å². The summed E-state index contributed by atoms with van der Waals surface area (Å²) >= 11 is 5.95. The molecular formula is C11H14ClFN2O. The summed E-state index contributed by atoms with van der Waals surface area (Å²) in [6.45, 7) is 4.07. The molecule has 0 radical (unpaired) electrons. The van der Waals surface area contributed by atoms with Crippen LogP contribution >= 0.6 is 11.6 Å². The molecule has 16 heavy (non-hydrogen) atoms. The lowest BCUT2D eigenvalue weighted by Gasteiger charge is -2.27. The van der Waals surface area contributed by atoms with E-state index < -0.39 is 5.82 Å². The number of nitrogens with one attached hydrogen (secondary N) is 1. The highest BCUT2D eigenvalue weighted by molar-refractivity contribution is 6.31. The predicted molar refractivity (Wildman–Crippen MR) is 61.2 cm³/mol. The zero-order valence-corrected chi connectivity index (χ0v) is 9.60. The first kappa shape index (κ1) is 11.6. The van der Waals surface area contributed by atoms with Crippen molar-refractivity contribution < 1.29 is 9.50 Å². The van der Waals surface area contributed by atoms with Crippen molar-refractivity contribution in [1.82, 2.24) is 10.2 Å². The molecule has 0 spiro atoms. The molecule has 2 N–H and O–H groups in total. The number of hydrogen-bond acceptors (Lipinski definition) is 3. The molecule has 1 aromatic carbocycles. The number of aromatic hydroxyl groups is 1. The van der Waals surface area contributed by atoms with Gasteiger partial charge in [0.2, 0.25) is 0 Å². The van der Waals surface area contributed by atoms with Crippen LogP contribution in [0.3, 0.4) is 0 Å². The highest BCUT2D eigenvalue weighted by Crippen LogP contribution is 2.29. The van der Waals surface area contributed by atoms with E-state index in [0.29, 0.717) is 17.1 Å². The second kappa shape index (κ2) is 4.99. The summed E-state index contributed by atoms with van der Waals surface area (Å²) in [5, 5.41) is 13.3. The number of phenols is 1. The predicted octanol–water partition coefficient (Wildman–Crippen LogP) is 1.59. The summed E-state index contributed by atoms with van der Waals surface area (Å²) in [7, 11) is 0. The Hall–Kier alpha value is -0.840. The third kappa shape index (κ3) is 2.45. The molecule has 1 aliphatic rings. The van der Waals surface area contributed by atoms with Gasteiger partial charge in [0.05, 0.1) is 0 Å². The fourth-order valence-corrected chi connectivity index (χ4v) is 2.04. The van der Waals surface area contributed by atoms with E-state index in [2.05, 4.69) is 10.2 Å². The lowest BCUT2D eigenvalue weighted by molar-refractivity contribution is 0.230. The highest BCUT2D eigenvalue weighted by atomic mass is 35.5. The van der Waals surface area contributed by atoms with E-state index in [-0.39, 0.29) is 5.75 Å². The summed E-state index contributed by atoms with van der Waals surface area (Å²) < 4.78 is 13.2. The van der Waals surface area contributed by atoms with E-state index in [1.807, 2.05) is 0 Å². The number of halogens is 2. The SMILES string of the molecule is Oc1c(F)ccc(Cl)c1CN1CCNCC1. The van der Waals surface area contributed by atoms with Gasteiger partial charge in [0.1, 0.15) is 0 Å². The fourth-order valence-electron chi connectivity index (χ4n) is 1.83. The van der Waals surface area contributed by atoms with Crippen LogP contribution in [0.4, 0.5) is 4.39 Å². The fraction of sp³-hybridized carbons (Fsp3) is 0.455. The first-order valence-corrected chi connectivity index (χ1v) is 5.65. The monoisotopic (exact) mass is 244 g/mol. The Morgan fingerprint density at radius 1 is 1.38 bits per heavy atom. The van der Waals surface area contributed by atoms with Crippen LogP contribution in [0, 0.1) is 5.82 Å². The minimum absolute atomic E-state index is 0.328. The molecule has 0 aromatic heterocycles. The van der Waals surface area contributed by atoms with Gasteiger partial charge in [0.25, 0.3) is 0 Å². The van der Waals surface area contributed by atoms with E-state index in [9.17, 15) is 9.50 Å². The largest absolute Gasteiger partial charge is 0.505 e. The van der Waals surface area contributed by atoms with Gasteiger partial charge in [0, 0.05) is 43.3 Å². The number of piperazine rings is 1. The van der Waals surface area contributed by atoms with Crippen molar-refractivity contribution in [3.8, 4) is 5.75 Å². The van der Waals surface area contributed by atoms with Gasteiger partial charge in [-0.1, -0.05) is 11.6 Å². The lowest BCUT2D eigenvalue weighted by atomic mass is 10.1. The summed E-state index contributed by atoms with van der Waals surface area (Å²) in [4.78, 5) is 2.14. The molecule has 88 valence electrons. The first-order chi connectivity index (χ1) is 7.68. The van der Waals surface area contributed by atoms with Crippen molar-refractivity contribution in [3.63, 3.8) is 0 Å². The van der Waals surface area contributed by atoms with Crippen molar-refractivity contribution in [1.29, 1.82) is 0 Å². The minimum Gasteiger partial charge on any atom is -0.505 e. The number of rotatable bonds is 2. The van der Waals surface area contributed by atoms with Gasteiger partial charge in [-0.3, -0.25) is 4.90 Å². The summed E-state index contributed by atoms with van der Waals surface area (Å²) in [6, 6.07) is 2.66. The van der Waals surface area contributed by atoms with Crippen molar-refractivity contribution in [2.75, 3.05) is 26.2 Å². The molecule has 1 aromatic rings. The summed E-state index contributed by atoms with van der Waals surface area (Å²) in [6.07, 6.45) is 0. The Bertz CT molecular complexity index is 380. The van der Waals surface area contributed by atoms with Gasteiger partial charge in [-0.25, -0.2) is 4.39 Å². The maximum absolute atomic E-state index is 13.2. The number of phenolic OH excluding ortho intramolecular Hbond substituents is 1. The Morgan fingerprint density at radius 2 is 2.06 bits per heavy atom. The zero-order chi connectivity index (χ0) is 11.5. The number of nitrogens with zero attached hydrogens (tertiary/aromatic N) is 1. The van der Waals surface area contributed by atoms with E-state index >= 15 is 0 Å². The normalized spacial score (nSPS) is 17.6. The first-order valence-electron chi connectivity index (χ1n) is 5.27. The van der Waals surface area contributed by atoms with Crippen molar-refractivity contribution >= 4 is 11.6 Å². The molecule has 0 atom stereocenters. The number of benzene rings is 1. The topological polar surface area (TPSA) is 35.5 Å². The molecule has 1 saturated heterocycles. The Kier molecular flexibility index (Phi) is 3.63. The van der Waals surface area contributed by atoms with Crippen LogP contribution in [0.5, 0.6) is 5.75 Å². The molecule has 0 amide bonds. The maximum atomic E-state index is 13.2. The van der Waals surface area contributed by atoms with Gasteiger partial charge >= 0.3 is 0 Å². The molecule has 0 aliphatic carbocycles. The molecule has 0 bridgehead atoms. The number of hydrogen-bond donors (Lipinski definition) is 2. The molecule has 5 heteroatoms. The standard InChI is InChI=1S/C11H14ClFN2O/c12-9-1-2-10(13)11(16)8(9)7-15-5-3-14-4-6-15/h1-2,14,16H,3-7H2. The molecule has 2 rings (SSSR count). The molecule has 0 unspecified atom stereocenters. The van der Waals surface area contributed by atoms with E-state index in [1.54, 1.807) is 0 Å². The lowest BCUT2D eigenvalue weighted by Crippen LogP contribution is -2.42. The molecule has 0 saturated carbocycles. The van der Waals surface area contributed by atoms with Crippen LogP contribution in [0.1, 0.15) is 5.56 Å². The average Bonchev–Trinajstić information content (AvgIpc) is 2.31. The summed E-state index contributed by atoms with van der Waals surface area (Å²) in [5.41, 5.74) is 0.476. The van der Waals surface area contributed by atoms with Crippen LogP contribution in [0.15, 0.2) is 12.1 Å². The molecule has 3 nitrogen and oxygen atoms in total.